The summed E-state index contributed by atoms with van der Waals surface area (Å²) in [6.45, 7) is 6.17. The van der Waals surface area contributed by atoms with Crippen molar-refractivity contribution in [2.45, 2.75) is 33.6 Å². The number of aliphatic carboxylic acids is 1. The van der Waals surface area contributed by atoms with Gasteiger partial charge in [-0.1, -0.05) is 20.8 Å². The number of carboxylic acid groups (broad SMARTS) is 1. The monoisotopic (exact) mass is 226 g/mol. The second-order valence-corrected chi connectivity index (χ2v) is 6.16. The summed E-state index contributed by atoms with van der Waals surface area (Å²) in [4.78, 5) is 11.4. The van der Waals surface area contributed by atoms with Gasteiger partial charge in [-0.15, -0.1) is 0 Å². The number of carboxylic acids is 1. The van der Waals surface area contributed by atoms with E-state index in [1.54, 1.807) is 6.08 Å². The van der Waals surface area contributed by atoms with Crippen molar-refractivity contribution in [3.63, 3.8) is 0 Å². The van der Waals surface area contributed by atoms with Crippen LogP contribution in [-0.4, -0.2) is 11.1 Å². The maximum atomic E-state index is 13.6. The Morgan fingerprint density at radius 1 is 1.44 bits per heavy atom. The minimum absolute atomic E-state index is 0.0586. The molecule has 0 saturated heterocycles. The summed E-state index contributed by atoms with van der Waals surface area (Å²) >= 11 is 0. The molecule has 1 saturated carbocycles. The topological polar surface area (TPSA) is 37.3 Å². The molecule has 0 heterocycles. The Labute approximate surface area is 95.5 Å². The van der Waals surface area contributed by atoms with Gasteiger partial charge in [0.15, 0.2) is 0 Å². The smallest absolute Gasteiger partial charge is 0.307 e. The Balaban J connectivity index is 2.41. The van der Waals surface area contributed by atoms with Crippen molar-refractivity contribution in [1.29, 1.82) is 0 Å². The third kappa shape index (κ3) is 1.66. The third-order valence-electron chi connectivity index (χ3n) is 4.11. The molecule has 0 aromatic carbocycles. The van der Waals surface area contributed by atoms with Gasteiger partial charge >= 0.3 is 5.97 Å². The van der Waals surface area contributed by atoms with Gasteiger partial charge in [0, 0.05) is 5.92 Å². The molecule has 2 bridgehead atoms. The van der Waals surface area contributed by atoms with Gasteiger partial charge in [-0.25, -0.2) is 4.39 Å². The van der Waals surface area contributed by atoms with Crippen molar-refractivity contribution in [2.24, 2.45) is 29.1 Å². The number of halogens is 1. The Bertz CT molecular complexity index is 340. The minimum atomic E-state index is -0.835. The Morgan fingerprint density at radius 2 is 2.06 bits per heavy atom. The molecule has 0 spiro atoms. The Hall–Kier alpha value is -0.860. The molecule has 0 aromatic heterocycles. The van der Waals surface area contributed by atoms with Crippen LogP contribution in [0, 0.1) is 29.1 Å². The Morgan fingerprint density at radius 3 is 2.50 bits per heavy atom. The van der Waals surface area contributed by atoms with E-state index in [9.17, 15) is 14.3 Å². The lowest BCUT2D eigenvalue weighted by Gasteiger charge is -2.49. The lowest BCUT2D eigenvalue weighted by atomic mass is 9.54. The molecule has 3 aliphatic rings. The summed E-state index contributed by atoms with van der Waals surface area (Å²) in [6, 6.07) is 0. The predicted octanol–water partition coefficient (Wildman–Crippen LogP) is 3.24. The maximum Gasteiger partial charge on any atom is 0.307 e. The van der Waals surface area contributed by atoms with Crippen LogP contribution in [0.2, 0.25) is 0 Å². The first-order valence-corrected chi connectivity index (χ1v) is 5.92. The molecule has 4 atom stereocenters. The number of rotatable bonds is 1. The van der Waals surface area contributed by atoms with Crippen LogP contribution in [0.1, 0.15) is 33.6 Å². The number of hydrogen-bond acceptors (Lipinski definition) is 1. The lowest BCUT2D eigenvalue weighted by Crippen LogP contribution is -2.48. The molecule has 3 aliphatic carbocycles. The summed E-state index contributed by atoms with van der Waals surface area (Å²) in [6.07, 6.45) is 3.30. The van der Waals surface area contributed by atoms with Crippen LogP contribution in [0.4, 0.5) is 4.39 Å². The van der Waals surface area contributed by atoms with Gasteiger partial charge < -0.3 is 5.11 Å². The molecular weight excluding hydrogens is 207 g/mol. The van der Waals surface area contributed by atoms with Gasteiger partial charge in [0.2, 0.25) is 0 Å². The third-order valence-corrected chi connectivity index (χ3v) is 4.11. The van der Waals surface area contributed by atoms with Crippen LogP contribution in [0.15, 0.2) is 11.9 Å². The van der Waals surface area contributed by atoms with Crippen LogP contribution in [0.5, 0.6) is 0 Å². The van der Waals surface area contributed by atoms with E-state index in [1.807, 2.05) is 0 Å². The van der Waals surface area contributed by atoms with Crippen LogP contribution >= 0.6 is 0 Å². The molecule has 1 fully saturated rings. The standard InChI is InChI=1S/C13H19FO2/c1-13(2,3)11-7-4-5-8(9(14)6-7)10(11)12(15)16/h6-8,10-11H,4-5H2,1-3H3,(H,15,16). The molecule has 1 N–H and O–H groups in total. The van der Waals surface area contributed by atoms with Gasteiger partial charge in [0.05, 0.1) is 5.92 Å². The Kier molecular flexibility index (Phi) is 2.59. The first-order valence-electron chi connectivity index (χ1n) is 5.92. The van der Waals surface area contributed by atoms with E-state index < -0.39 is 11.9 Å². The number of carbonyl (C=O) groups is 1. The van der Waals surface area contributed by atoms with E-state index in [4.69, 9.17) is 0 Å². The van der Waals surface area contributed by atoms with Gasteiger partial charge in [-0.3, -0.25) is 4.79 Å². The molecule has 0 amide bonds. The molecule has 90 valence electrons. The molecular formula is C13H19FO2. The van der Waals surface area contributed by atoms with Gasteiger partial charge in [-0.05, 0) is 36.2 Å². The van der Waals surface area contributed by atoms with E-state index in [0.29, 0.717) is 6.42 Å². The average Bonchev–Trinajstić information content (AvgIpc) is 2.15. The highest BCUT2D eigenvalue weighted by molar-refractivity contribution is 5.72. The van der Waals surface area contributed by atoms with Gasteiger partial charge in [0.1, 0.15) is 5.83 Å². The fourth-order valence-electron chi connectivity index (χ4n) is 3.58. The summed E-state index contributed by atoms with van der Waals surface area (Å²) < 4.78 is 13.6. The van der Waals surface area contributed by atoms with Crippen molar-refractivity contribution in [3.05, 3.63) is 11.9 Å². The van der Waals surface area contributed by atoms with E-state index in [0.717, 1.165) is 6.42 Å². The van der Waals surface area contributed by atoms with E-state index in [1.165, 1.54) is 0 Å². The summed E-state index contributed by atoms with van der Waals surface area (Å²) in [5, 5.41) is 9.32. The zero-order chi connectivity index (χ0) is 12.1. The van der Waals surface area contributed by atoms with Crippen LogP contribution in [0.3, 0.4) is 0 Å². The number of allylic oxidation sites excluding steroid dienone is 2. The fourth-order valence-corrected chi connectivity index (χ4v) is 3.58. The predicted molar refractivity (Wildman–Crippen MR) is 59.5 cm³/mol. The van der Waals surface area contributed by atoms with Crippen molar-refractivity contribution in [3.8, 4) is 0 Å². The van der Waals surface area contributed by atoms with Crippen molar-refractivity contribution in [2.75, 3.05) is 0 Å². The molecule has 16 heavy (non-hydrogen) atoms. The number of fused-ring (bicyclic) bond motifs is 2. The SMILES string of the molecule is CC(C)(C)C1C2C=C(F)C(CC2)C1C(=O)O. The molecule has 0 radical (unpaired) electrons. The molecule has 2 nitrogen and oxygen atoms in total. The normalized spacial score (nSPS) is 38.4. The van der Waals surface area contributed by atoms with Crippen LogP contribution < -0.4 is 0 Å². The van der Waals surface area contributed by atoms with Crippen molar-refractivity contribution >= 4 is 5.97 Å². The maximum absolute atomic E-state index is 13.6. The lowest BCUT2D eigenvalue weighted by molar-refractivity contribution is -0.152. The molecule has 0 aliphatic heterocycles. The summed E-state index contributed by atoms with van der Waals surface area (Å²) in [5.41, 5.74) is -0.0798. The first kappa shape index (κ1) is 11.6. The number of hydrogen-bond donors (Lipinski definition) is 1. The zero-order valence-electron chi connectivity index (χ0n) is 10.0. The van der Waals surface area contributed by atoms with Gasteiger partial charge in [-0.2, -0.15) is 0 Å². The van der Waals surface area contributed by atoms with E-state index in [2.05, 4.69) is 20.8 Å². The highest BCUT2D eigenvalue weighted by atomic mass is 19.1. The second-order valence-electron chi connectivity index (χ2n) is 6.16. The minimum Gasteiger partial charge on any atom is -0.481 e. The molecule has 0 aromatic rings. The zero-order valence-corrected chi connectivity index (χ0v) is 10.0. The average molecular weight is 226 g/mol. The molecule has 3 rings (SSSR count). The quantitative estimate of drug-likeness (QED) is 0.745. The van der Waals surface area contributed by atoms with Crippen molar-refractivity contribution < 1.29 is 14.3 Å². The molecule has 3 heteroatoms. The van der Waals surface area contributed by atoms with Crippen LogP contribution in [0.25, 0.3) is 0 Å². The molecule has 4 unspecified atom stereocenters. The fraction of sp³-hybridized carbons (Fsp3) is 0.769. The highest BCUT2D eigenvalue weighted by Gasteiger charge is 2.52. The highest BCUT2D eigenvalue weighted by Crippen LogP contribution is 2.54. The largest absolute Gasteiger partial charge is 0.481 e. The summed E-state index contributed by atoms with van der Waals surface area (Å²) in [5.74, 6) is -1.79. The first-order chi connectivity index (χ1) is 7.32. The second kappa shape index (κ2) is 3.57. The van der Waals surface area contributed by atoms with Gasteiger partial charge in [0.25, 0.3) is 0 Å². The van der Waals surface area contributed by atoms with E-state index >= 15 is 0 Å². The van der Waals surface area contributed by atoms with Crippen LogP contribution in [-0.2, 0) is 4.79 Å². The summed E-state index contributed by atoms with van der Waals surface area (Å²) in [7, 11) is 0. The van der Waals surface area contributed by atoms with E-state index in [-0.39, 0.29) is 29.0 Å². The van der Waals surface area contributed by atoms with Crippen molar-refractivity contribution in [1.82, 2.24) is 0 Å².